The molecular weight excluding hydrogens is 266 g/mol. The Morgan fingerprint density at radius 3 is 2.19 bits per heavy atom. The second-order valence-electron chi connectivity index (χ2n) is 4.41. The summed E-state index contributed by atoms with van der Waals surface area (Å²) in [5.74, 6) is -0.454. The molecule has 5 nitrogen and oxygen atoms in total. The van der Waals surface area contributed by atoms with Crippen molar-refractivity contribution < 1.29 is 9.59 Å². The van der Waals surface area contributed by atoms with Crippen LogP contribution in [0.2, 0.25) is 0 Å². The van der Waals surface area contributed by atoms with Crippen LogP contribution in [0.25, 0.3) is 0 Å². The number of nitrogens with one attached hydrogen (secondary N) is 2. The molecule has 0 spiro atoms. The van der Waals surface area contributed by atoms with Crippen molar-refractivity contribution in [3.63, 3.8) is 0 Å². The van der Waals surface area contributed by atoms with Crippen LogP contribution in [0.15, 0.2) is 48.5 Å². The number of nitrogens with zero attached hydrogens (tertiary/aromatic N) is 1. The van der Waals surface area contributed by atoms with E-state index in [1.54, 1.807) is 48.5 Å². The van der Waals surface area contributed by atoms with Gasteiger partial charge in [0.2, 0.25) is 5.91 Å². The van der Waals surface area contributed by atoms with Gasteiger partial charge >= 0.3 is 0 Å². The predicted octanol–water partition coefficient (Wildman–Crippen LogP) is 2.77. The molecule has 5 heteroatoms. The minimum absolute atomic E-state index is 0.175. The van der Waals surface area contributed by atoms with Crippen LogP contribution >= 0.6 is 0 Å². The lowest BCUT2D eigenvalue weighted by Gasteiger charge is -2.08. The van der Waals surface area contributed by atoms with Crippen molar-refractivity contribution in [1.82, 2.24) is 0 Å². The van der Waals surface area contributed by atoms with E-state index in [9.17, 15) is 9.59 Å². The van der Waals surface area contributed by atoms with E-state index >= 15 is 0 Å². The first kappa shape index (κ1) is 14.3. The third-order valence-electron chi connectivity index (χ3n) is 2.72. The Hall–Kier alpha value is -3.13. The summed E-state index contributed by atoms with van der Waals surface area (Å²) >= 11 is 0. The van der Waals surface area contributed by atoms with Gasteiger partial charge in [-0.2, -0.15) is 5.26 Å². The predicted molar refractivity (Wildman–Crippen MR) is 79.9 cm³/mol. The van der Waals surface area contributed by atoms with Crippen LogP contribution in [-0.4, -0.2) is 11.8 Å². The van der Waals surface area contributed by atoms with Crippen molar-refractivity contribution in [3.05, 3.63) is 59.7 Å². The molecule has 21 heavy (non-hydrogen) atoms. The van der Waals surface area contributed by atoms with E-state index < -0.39 is 0 Å². The lowest BCUT2D eigenvalue weighted by molar-refractivity contribution is -0.114. The van der Waals surface area contributed by atoms with Crippen LogP contribution in [0.4, 0.5) is 11.4 Å². The Bertz CT molecular complexity index is 715. The molecule has 0 saturated carbocycles. The molecule has 0 atom stereocenters. The monoisotopic (exact) mass is 279 g/mol. The van der Waals surface area contributed by atoms with E-state index in [-0.39, 0.29) is 11.8 Å². The van der Waals surface area contributed by atoms with Crippen molar-refractivity contribution in [2.45, 2.75) is 6.92 Å². The minimum Gasteiger partial charge on any atom is -0.326 e. The Labute approximate surface area is 122 Å². The average Bonchev–Trinajstić information content (AvgIpc) is 2.47. The molecule has 0 bridgehead atoms. The molecule has 2 rings (SSSR count). The number of hydrogen-bond donors (Lipinski definition) is 2. The molecule has 0 aliphatic carbocycles. The maximum Gasteiger partial charge on any atom is 0.255 e. The first-order chi connectivity index (χ1) is 10.1. The summed E-state index contributed by atoms with van der Waals surface area (Å²) in [5, 5.41) is 14.1. The van der Waals surface area contributed by atoms with E-state index in [1.807, 2.05) is 6.07 Å². The zero-order valence-electron chi connectivity index (χ0n) is 11.4. The number of carbonyl (C=O) groups excluding carboxylic acids is 2. The second kappa shape index (κ2) is 6.35. The van der Waals surface area contributed by atoms with E-state index in [1.165, 1.54) is 6.92 Å². The van der Waals surface area contributed by atoms with Crippen LogP contribution in [0.3, 0.4) is 0 Å². The highest BCUT2D eigenvalue weighted by molar-refractivity contribution is 6.04. The van der Waals surface area contributed by atoms with Crippen molar-refractivity contribution in [1.29, 1.82) is 5.26 Å². The molecule has 0 aromatic heterocycles. The lowest BCUT2D eigenvalue weighted by Crippen LogP contribution is -2.12. The number of benzene rings is 2. The van der Waals surface area contributed by atoms with E-state index in [0.717, 1.165) is 0 Å². The van der Waals surface area contributed by atoms with Gasteiger partial charge in [0.1, 0.15) is 0 Å². The van der Waals surface area contributed by atoms with Gasteiger partial charge in [0, 0.05) is 23.9 Å². The molecule has 0 heterocycles. The summed E-state index contributed by atoms with van der Waals surface area (Å²) in [6.07, 6.45) is 0. The van der Waals surface area contributed by atoms with Gasteiger partial charge in [-0.1, -0.05) is 6.07 Å². The van der Waals surface area contributed by atoms with Crippen LogP contribution in [-0.2, 0) is 4.79 Å². The summed E-state index contributed by atoms with van der Waals surface area (Å²) in [4.78, 5) is 23.1. The molecule has 0 aliphatic rings. The Morgan fingerprint density at radius 2 is 1.62 bits per heavy atom. The minimum atomic E-state index is -0.278. The van der Waals surface area contributed by atoms with Crippen molar-refractivity contribution in [2.24, 2.45) is 0 Å². The largest absolute Gasteiger partial charge is 0.326 e. The molecule has 2 aromatic rings. The molecule has 2 aromatic carbocycles. The first-order valence-corrected chi connectivity index (χ1v) is 6.27. The SMILES string of the molecule is CC(=O)Nc1cccc(NC(=O)c2ccc(C#N)cc2)c1. The van der Waals surface area contributed by atoms with Gasteiger partial charge < -0.3 is 10.6 Å². The Balaban J connectivity index is 2.11. The van der Waals surface area contributed by atoms with Gasteiger partial charge in [-0.25, -0.2) is 0 Å². The van der Waals surface area contributed by atoms with Gasteiger partial charge in [0.15, 0.2) is 0 Å². The topological polar surface area (TPSA) is 82.0 Å². The number of nitriles is 1. The van der Waals surface area contributed by atoms with E-state index in [4.69, 9.17) is 5.26 Å². The zero-order chi connectivity index (χ0) is 15.2. The highest BCUT2D eigenvalue weighted by Gasteiger charge is 2.06. The molecule has 2 amide bonds. The standard InChI is InChI=1S/C16H13N3O2/c1-11(20)18-14-3-2-4-15(9-14)19-16(21)13-7-5-12(10-17)6-8-13/h2-9H,1H3,(H,18,20)(H,19,21). The molecule has 0 saturated heterocycles. The Kier molecular flexibility index (Phi) is 4.32. The fourth-order valence-corrected chi connectivity index (χ4v) is 1.78. The van der Waals surface area contributed by atoms with Crippen LogP contribution in [0.5, 0.6) is 0 Å². The summed E-state index contributed by atoms with van der Waals surface area (Å²) in [6.45, 7) is 1.42. The fourth-order valence-electron chi connectivity index (χ4n) is 1.78. The highest BCUT2D eigenvalue weighted by Crippen LogP contribution is 2.16. The zero-order valence-corrected chi connectivity index (χ0v) is 11.4. The molecule has 0 fully saturated rings. The highest BCUT2D eigenvalue weighted by atomic mass is 16.2. The normalized spacial score (nSPS) is 9.52. The number of hydrogen-bond acceptors (Lipinski definition) is 3. The second-order valence-corrected chi connectivity index (χ2v) is 4.41. The number of amides is 2. The number of rotatable bonds is 3. The fraction of sp³-hybridized carbons (Fsp3) is 0.0625. The average molecular weight is 279 g/mol. The molecular formula is C16H13N3O2. The van der Waals surface area contributed by atoms with Gasteiger partial charge in [-0.15, -0.1) is 0 Å². The molecule has 0 unspecified atom stereocenters. The summed E-state index contributed by atoms with van der Waals surface area (Å²) in [6, 6.07) is 15.2. The lowest BCUT2D eigenvalue weighted by atomic mass is 10.1. The van der Waals surface area contributed by atoms with Crippen LogP contribution in [0, 0.1) is 11.3 Å². The first-order valence-electron chi connectivity index (χ1n) is 6.27. The van der Waals surface area contributed by atoms with Gasteiger partial charge in [-0.3, -0.25) is 9.59 Å². The maximum absolute atomic E-state index is 12.1. The molecule has 104 valence electrons. The molecule has 0 radical (unpaired) electrons. The van der Waals surface area contributed by atoms with Crippen molar-refractivity contribution in [2.75, 3.05) is 10.6 Å². The van der Waals surface area contributed by atoms with Crippen molar-refractivity contribution in [3.8, 4) is 6.07 Å². The van der Waals surface area contributed by atoms with E-state index in [2.05, 4.69) is 10.6 Å². The quantitative estimate of drug-likeness (QED) is 0.906. The summed E-state index contributed by atoms with van der Waals surface area (Å²) in [5.41, 5.74) is 2.15. The van der Waals surface area contributed by atoms with Gasteiger partial charge in [0.25, 0.3) is 5.91 Å². The molecule has 0 aliphatic heterocycles. The number of carbonyl (C=O) groups is 2. The van der Waals surface area contributed by atoms with Gasteiger partial charge in [0.05, 0.1) is 11.6 Å². The Morgan fingerprint density at radius 1 is 1.00 bits per heavy atom. The summed E-state index contributed by atoms with van der Waals surface area (Å²) < 4.78 is 0. The maximum atomic E-state index is 12.1. The van der Waals surface area contributed by atoms with Crippen LogP contribution in [0.1, 0.15) is 22.8 Å². The van der Waals surface area contributed by atoms with E-state index in [0.29, 0.717) is 22.5 Å². The van der Waals surface area contributed by atoms with Crippen molar-refractivity contribution >= 4 is 23.2 Å². The van der Waals surface area contributed by atoms with Gasteiger partial charge in [-0.05, 0) is 42.5 Å². The summed E-state index contributed by atoms with van der Waals surface area (Å²) in [7, 11) is 0. The smallest absolute Gasteiger partial charge is 0.255 e. The third kappa shape index (κ3) is 3.91. The van der Waals surface area contributed by atoms with Crippen LogP contribution < -0.4 is 10.6 Å². The third-order valence-corrected chi connectivity index (χ3v) is 2.72. The number of anilines is 2. The molecule has 2 N–H and O–H groups in total.